The van der Waals surface area contributed by atoms with Gasteiger partial charge in [-0.25, -0.2) is 75.1 Å². The lowest BCUT2D eigenvalue weighted by atomic mass is 9.89. The molecule has 0 aliphatic carbocycles. The number of morpholine rings is 1. The maximum Gasteiger partial charge on any atom is 0.228 e. The number of anilines is 9. The Morgan fingerprint density at radius 3 is 1.21 bits per heavy atom. The number of Topliss-reactive ketones (excluding diaryl/α,β-unsaturated/α-hetero) is 1. The molecule has 4 fully saturated rings. The SMILES string of the molecule is CCS(=O)(=O)N1CC(CC#N)(n2cc(-c3nc(Nc4cccc(N5CCOCC5)c4)nc4ccsc34)cn2)C1.CCS(=O)(=O)N1CC(CC#N)(n2cc(-c3nc(Nc4cncnc4)nc4ccsc34)cn2)C1.CCS(=O)(=O)N1CC(CC#N)(n2cc(-c3nc(Nc4cnn(C)c4)nc4ccsc34)cn2)C1.N#CCCC(=O)c1ccc(-c2nc(Nc3ccccc3)nc3ccsc23)cc1. The number of para-hydroxylation sites is 1. The Balaban J connectivity index is 0.000000124. The lowest BCUT2D eigenvalue weighted by molar-refractivity contribution is 0.0719. The molecule has 0 spiro atoms. The van der Waals surface area contributed by atoms with Crippen LogP contribution in [0.25, 0.3) is 85.9 Å². The fourth-order valence-electron chi connectivity index (χ4n) is 15.6. The molecular weight excluding hydrogens is 1830 g/mol. The summed E-state index contributed by atoms with van der Waals surface area (Å²) in [5, 5.41) is 75.4. The Kier molecular flexibility index (Phi) is 26.6. The average Bonchev–Trinajstić information content (AvgIpc) is 1.53. The van der Waals surface area contributed by atoms with E-state index < -0.39 is 46.7 Å². The van der Waals surface area contributed by atoms with Crippen LogP contribution in [0.15, 0.2) is 193 Å². The average molecular weight is 1910 g/mol. The topological polar surface area (TPSA) is 485 Å². The number of benzene rings is 3. The van der Waals surface area contributed by atoms with Crippen molar-refractivity contribution in [2.45, 2.75) is 69.5 Å². The first-order valence-electron chi connectivity index (χ1n) is 41.9. The van der Waals surface area contributed by atoms with Crippen LogP contribution in [0, 0.1) is 45.3 Å². The highest BCUT2D eigenvalue weighted by atomic mass is 32.2. The molecule has 3 aromatic carbocycles. The zero-order valence-electron chi connectivity index (χ0n) is 72.0. The minimum Gasteiger partial charge on any atom is -0.378 e. The van der Waals surface area contributed by atoms with Gasteiger partial charge in [0.2, 0.25) is 53.9 Å². The first-order chi connectivity index (χ1) is 64.4. The van der Waals surface area contributed by atoms with Gasteiger partial charge >= 0.3 is 0 Å². The molecule has 0 atom stereocenters. The Morgan fingerprint density at radius 1 is 0.429 bits per heavy atom. The number of carbonyl (C=O) groups is 1. The van der Waals surface area contributed by atoms with Gasteiger partial charge in [-0.3, -0.25) is 23.5 Å². The molecule has 45 heteroatoms. The van der Waals surface area contributed by atoms with Crippen LogP contribution in [0.5, 0.6) is 0 Å². The quantitative estimate of drug-likeness (QED) is 0.0331. The summed E-state index contributed by atoms with van der Waals surface area (Å²) in [5.74, 6) is 1.90. The van der Waals surface area contributed by atoms with Crippen LogP contribution >= 0.6 is 45.3 Å². The summed E-state index contributed by atoms with van der Waals surface area (Å²) in [7, 11) is -8.12. The van der Waals surface area contributed by atoms with E-state index in [1.165, 1.54) is 41.9 Å². The zero-order chi connectivity index (χ0) is 92.7. The molecule has 16 aromatic rings. The molecule has 20 rings (SSSR count). The fraction of sp³-hybridized carbons (Fsp3) is 0.284. The van der Waals surface area contributed by atoms with Crippen molar-refractivity contribution in [1.82, 2.24) is 102 Å². The number of aromatic nitrogens is 18. The smallest absolute Gasteiger partial charge is 0.228 e. The van der Waals surface area contributed by atoms with Gasteiger partial charge in [-0.2, -0.15) is 54.4 Å². The molecule has 0 bridgehead atoms. The number of nitrogens with one attached hydrogen (secondary N) is 4. The first kappa shape index (κ1) is 91.0. The number of hydrogen-bond acceptors (Lipinski definition) is 35. The third kappa shape index (κ3) is 19.6. The highest BCUT2D eigenvalue weighted by molar-refractivity contribution is 7.89. The molecule has 4 N–H and O–H groups in total. The number of carbonyl (C=O) groups excluding carboxylic acids is 1. The van der Waals surface area contributed by atoms with E-state index in [-0.39, 0.29) is 94.4 Å². The number of ketones is 1. The van der Waals surface area contributed by atoms with Gasteiger partial charge < -0.3 is 30.9 Å². The lowest BCUT2D eigenvalue weighted by Gasteiger charge is -2.47. The summed E-state index contributed by atoms with van der Waals surface area (Å²) in [6.07, 6.45) is 19.8. The van der Waals surface area contributed by atoms with Crippen molar-refractivity contribution in [3.63, 3.8) is 0 Å². The van der Waals surface area contributed by atoms with Crippen molar-refractivity contribution in [1.29, 1.82) is 21.0 Å². The molecule has 4 aliphatic heterocycles. The van der Waals surface area contributed by atoms with Gasteiger partial charge in [-0.05, 0) is 96.9 Å². The van der Waals surface area contributed by atoms with Crippen molar-refractivity contribution in [3.05, 3.63) is 199 Å². The second kappa shape index (κ2) is 38.9. The molecule has 676 valence electrons. The molecule has 4 saturated heterocycles. The van der Waals surface area contributed by atoms with Gasteiger partial charge in [0.05, 0.1) is 186 Å². The second-order valence-electron chi connectivity index (χ2n) is 31.5. The summed E-state index contributed by atoms with van der Waals surface area (Å²) >= 11 is 6.20. The molecule has 0 radical (unpaired) electrons. The van der Waals surface area contributed by atoms with Crippen LogP contribution in [0.3, 0.4) is 0 Å². The van der Waals surface area contributed by atoms with Crippen LogP contribution in [0.1, 0.15) is 63.2 Å². The van der Waals surface area contributed by atoms with E-state index in [1.54, 1.807) is 111 Å². The van der Waals surface area contributed by atoms with Crippen molar-refractivity contribution in [3.8, 4) is 69.3 Å². The minimum absolute atomic E-state index is 0.0245. The number of ether oxygens (including phenoxy) is 1. The van der Waals surface area contributed by atoms with Crippen molar-refractivity contribution in [2.24, 2.45) is 7.05 Å². The predicted molar refractivity (Wildman–Crippen MR) is 510 cm³/mol. The number of nitrogens with zero attached hydrogens (tertiary/aromatic N) is 26. The van der Waals surface area contributed by atoms with Gasteiger partial charge in [-0.15, -0.1) is 45.3 Å². The van der Waals surface area contributed by atoms with Gasteiger partial charge in [0.15, 0.2) is 5.78 Å². The fourth-order valence-corrected chi connectivity index (χ4v) is 22.7. The number of aryl methyl sites for hydroxylation is 1. The van der Waals surface area contributed by atoms with Gasteiger partial charge in [0, 0.05) is 142 Å². The van der Waals surface area contributed by atoms with Gasteiger partial charge in [-0.1, -0.05) is 48.5 Å². The number of thiophene rings is 4. The van der Waals surface area contributed by atoms with E-state index in [0.29, 0.717) is 54.0 Å². The highest BCUT2D eigenvalue weighted by Gasteiger charge is 2.52. The molecule has 0 unspecified atom stereocenters. The number of fused-ring (bicyclic) bond motifs is 4. The summed E-state index contributed by atoms with van der Waals surface area (Å²) in [5.41, 5.74) is 12.4. The molecule has 0 saturated carbocycles. The van der Waals surface area contributed by atoms with Gasteiger partial charge in [0.1, 0.15) is 22.9 Å². The van der Waals surface area contributed by atoms with E-state index in [1.807, 2.05) is 138 Å². The van der Waals surface area contributed by atoms with Crippen molar-refractivity contribution >= 4 is 174 Å². The third-order valence-corrected chi connectivity index (χ3v) is 31.8. The molecule has 4 aliphatic rings. The van der Waals surface area contributed by atoms with Gasteiger partial charge in [0.25, 0.3) is 0 Å². The van der Waals surface area contributed by atoms with E-state index in [2.05, 4.69) is 102 Å². The molecule has 17 heterocycles. The summed E-state index contributed by atoms with van der Waals surface area (Å²) < 4.78 is 93.8. The maximum absolute atomic E-state index is 12.3. The molecule has 133 heavy (non-hydrogen) atoms. The Hall–Kier alpha value is -13.9. The second-order valence-corrected chi connectivity index (χ2v) is 42.0. The van der Waals surface area contributed by atoms with E-state index in [4.69, 9.17) is 34.9 Å². The van der Waals surface area contributed by atoms with Crippen molar-refractivity contribution < 1.29 is 34.8 Å². The summed E-state index contributed by atoms with van der Waals surface area (Å²) in [6, 6.07) is 41.7. The Bertz CT molecular complexity index is 7490. The van der Waals surface area contributed by atoms with Crippen molar-refractivity contribution in [2.75, 3.05) is 109 Å². The molecular formula is C88H84N30O8S7. The van der Waals surface area contributed by atoms with E-state index in [0.717, 1.165) is 116 Å². The van der Waals surface area contributed by atoms with E-state index >= 15 is 0 Å². The predicted octanol–water partition coefficient (Wildman–Crippen LogP) is 13.7. The monoisotopic (exact) mass is 1910 g/mol. The van der Waals surface area contributed by atoms with Crippen LogP contribution in [0.4, 0.5) is 52.2 Å². The minimum atomic E-state index is -3.32. The number of hydrogen-bond donors (Lipinski definition) is 4. The van der Waals surface area contributed by atoms with Crippen LogP contribution in [-0.4, -0.2) is 216 Å². The highest BCUT2D eigenvalue weighted by Crippen LogP contribution is 2.43. The number of rotatable bonds is 28. The number of nitriles is 4. The van der Waals surface area contributed by atoms with E-state index in [9.17, 15) is 45.8 Å². The summed E-state index contributed by atoms with van der Waals surface area (Å²) in [4.78, 5) is 59.9. The Morgan fingerprint density at radius 2 is 0.820 bits per heavy atom. The normalized spacial score (nSPS) is 15.2. The Labute approximate surface area is 779 Å². The molecule has 13 aromatic heterocycles. The number of sulfonamides is 3. The van der Waals surface area contributed by atoms with Crippen LogP contribution in [-0.2, 0) is 58.5 Å². The standard InChI is InChI=1S/C26H28N8O3S2.C22H16N4OS.C20H21N9O2S2.C20H19N9O2S2/c1-2-39(35,36)33-17-26(18-33,7-8-27)34-16-19(15-28-34)23-24-22(6-13-38-24)30-25(31-23)29-20-4-3-5-21(14-20)32-9-11-37-12-10-32;23-13-4-7-19(27)15-8-10-16(11-9-15)20-21-18(12-14-28-21)25-22(26-20)24-17-5-2-1-3-6-17;1-3-33(30,31)28-12-20(13-28,5-6-21)29-10-14(8-23-29)17-18-16(4-7-32-18)25-19(26-17)24-15-9-22-27(2)11-15;1-2-33(30,31)28-11-20(12-28,4-5-21)29-10-14(7-24-29)17-18-16(3-6-32-18)26-19(27-17)25-15-8-22-13-23-9-15/h3-6,13-16H,2,7,9-12,17-18H2,1H3,(H,29,30,31);1-3,5-6,8-12,14H,4,7H2,(H,24,25,26);4,7-11H,3,5,12-13H2,1-2H3,(H,24,25,26);3,6-10,13H,2,4,11-12H2,1H3,(H,25,26,27). The van der Waals surface area contributed by atoms with Crippen LogP contribution < -0.4 is 26.2 Å². The zero-order valence-corrected chi connectivity index (χ0v) is 77.7. The lowest BCUT2D eigenvalue weighted by Crippen LogP contribution is -2.64. The third-order valence-electron chi connectivity index (χ3n) is 22.8. The largest absolute Gasteiger partial charge is 0.378 e. The molecule has 38 nitrogen and oxygen atoms in total. The maximum atomic E-state index is 12.3. The van der Waals surface area contributed by atoms with Crippen LogP contribution in [0.2, 0.25) is 0 Å². The molecule has 0 amide bonds. The summed E-state index contributed by atoms with van der Waals surface area (Å²) in [6.45, 7) is 9.33. The first-order valence-corrected chi connectivity index (χ1v) is 50.3.